The number of carbonyl (C=O) groups excluding carboxylic acids is 2. The number of thiophene rings is 1. The Balaban J connectivity index is 1.75. The number of carbonyl (C=O) groups is 2. The summed E-state index contributed by atoms with van der Waals surface area (Å²) in [5.41, 5.74) is 2.66. The van der Waals surface area contributed by atoms with E-state index in [-0.39, 0.29) is 18.0 Å². The van der Waals surface area contributed by atoms with E-state index in [0.717, 1.165) is 43.4 Å². The standard InChI is InChI=1S/C20H27N3O3S/c1-4-14(3)26-20(25)18-15-7-5-6-8-16(15)27-19(18)22-17(24)10-12-23-13(2)9-11-21-23/h9,11,14H,4-8,10,12H2,1-3H3,(H,22,24). The molecule has 1 aliphatic rings. The van der Waals surface area contributed by atoms with Gasteiger partial charge < -0.3 is 10.1 Å². The van der Waals surface area contributed by atoms with Gasteiger partial charge in [-0.3, -0.25) is 9.48 Å². The molecule has 1 unspecified atom stereocenters. The van der Waals surface area contributed by atoms with Crippen molar-refractivity contribution in [2.75, 3.05) is 5.32 Å². The van der Waals surface area contributed by atoms with E-state index >= 15 is 0 Å². The molecule has 3 rings (SSSR count). The number of aryl methyl sites for hydroxylation is 3. The van der Waals surface area contributed by atoms with Crippen LogP contribution in [0.1, 0.15) is 66.0 Å². The van der Waals surface area contributed by atoms with Gasteiger partial charge in [-0.05, 0) is 57.6 Å². The van der Waals surface area contributed by atoms with E-state index in [1.54, 1.807) is 10.9 Å². The minimum Gasteiger partial charge on any atom is -0.459 e. The van der Waals surface area contributed by atoms with Crippen molar-refractivity contribution in [3.8, 4) is 0 Å². The molecule has 2 aromatic rings. The molecule has 0 aromatic carbocycles. The second-order valence-electron chi connectivity index (χ2n) is 7.03. The second-order valence-corrected chi connectivity index (χ2v) is 8.14. The number of hydrogen-bond acceptors (Lipinski definition) is 5. The van der Waals surface area contributed by atoms with Gasteiger partial charge >= 0.3 is 5.97 Å². The van der Waals surface area contributed by atoms with Crippen LogP contribution in [0.15, 0.2) is 12.3 Å². The molecule has 0 spiro atoms. The molecule has 27 heavy (non-hydrogen) atoms. The van der Waals surface area contributed by atoms with Gasteiger partial charge in [-0.2, -0.15) is 5.10 Å². The zero-order valence-electron chi connectivity index (χ0n) is 16.2. The van der Waals surface area contributed by atoms with Crippen LogP contribution in [0.3, 0.4) is 0 Å². The second kappa shape index (κ2) is 8.69. The average Bonchev–Trinajstić information content (AvgIpc) is 3.22. The Kier molecular flexibility index (Phi) is 6.31. The highest BCUT2D eigenvalue weighted by atomic mass is 32.1. The molecule has 1 atom stereocenters. The third-order valence-electron chi connectivity index (χ3n) is 4.99. The molecule has 0 saturated carbocycles. The Hall–Kier alpha value is -2.15. The molecule has 146 valence electrons. The van der Waals surface area contributed by atoms with Crippen LogP contribution in [0.2, 0.25) is 0 Å². The maximum Gasteiger partial charge on any atom is 0.341 e. The fourth-order valence-electron chi connectivity index (χ4n) is 3.22. The molecular formula is C20H27N3O3S. The summed E-state index contributed by atoms with van der Waals surface area (Å²) in [6.07, 6.45) is 6.70. The largest absolute Gasteiger partial charge is 0.459 e. The number of nitrogens with one attached hydrogen (secondary N) is 1. The first-order valence-electron chi connectivity index (χ1n) is 9.63. The van der Waals surface area contributed by atoms with Gasteiger partial charge in [0.05, 0.1) is 11.7 Å². The van der Waals surface area contributed by atoms with E-state index in [1.807, 2.05) is 26.8 Å². The number of amides is 1. The average molecular weight is 390 g/mol. The molecule has 6 nitrogen and oxygen atoms in total. The van der Waals surface area contributed by atoms with E-state index in [9.17, 15) is 9.59 Å². The van der Waals surface area contributed by atoms with E-state index in [1.165, 1.54) is 16.2 Å². The molecule has 0 fully saturated rings. The highest BCUT2D eigenvalue weighted by Gasteiger charge is 2.28. The fraction of sp³-hybridized carbons (Fsp3) is 0.550. The number of rotatable bonds is 7. The third-order valence-corrected chi connectivity index (χ3v) is 6.20. The van der Waals surface area contributed by atoms with Gasteiger partial charge in [-0.1, -0.05) is 6.92 Å². The van der Waals surface area contributed by atoms with E-state index in [2.05, 4.69) is 10.4 Å². The van der Waals surface area contributed by atoms with E-state index < -0.39 is 0 Å². The zero-order chi connectivity index (χ0) is 19.4. The number of fused-ring (bicyclic) bond motifs is 1. The maximum atomic E-state index is 12.8. The lowest BCUT2D eigenvalue weighted by molar-refractivity contribution is -0.116. The summed E-state index contributed by atoms with van der Waals surface area (Å²) in [6, 6.07) is 1.91. The Bertz CT molecular complexity index is 825. The highest BCUT2D eigenvalue weighted by molar-refractivity contribution is 7.17. The topological polar surface area (TPSA) is 73.2 Å². The molecule has 0 saturated heterocycles. The van der Waals surface area contributed by atoms with E-state index in [0.29, 0.717) is 23.5 Å². The molecule has 2 aromatic heterocycles. The Labute approximate surface area is 163 Å². The smallest absolute Gasteiger partial charge is 0.341 e. The third kappa shape index (κ3) is 4.58. The summed E-state index contributed by atoms with van der Waals surface area (Å²) in [4.78, 5) is 26.4. The van der Waals surface area contributed by atoms with Crippen molar-refractivity contribution in [3.05, 3.63) is 34.0 Å². The first-order valence-corrected chi connectivity index (χ1v) is 10.4. The predicted molar refractivity (Wildman–Crippen MR) is 106 cm³/mol. The first-order chi connectivity index (χ1) is 13.0. The van der Waals surface area contributed by atoms with Crippen molar-refractivity contribution < 1.29 is 14.3 Å². The summed E-state index contributed by atoms with van der Waals surface area (Å²) in [5, 5.41) is 7.80. The molecular weight excluding hydrogens is 362 g/mol. The molecule has 1 aliphatic carbocycles. The Morgan fingerprint density at radius 3 is 2.85 bits per heavy atom. The van der Waals surface area contributed by atoms with Crippen LogP contribution in [0.4, 0.5) is 5.00 Å². The van der Waals surface area contributed by atoms with Gasteiger partial charge in [0, 0.05) is 29.7 Å². The lowest BCUT2D eigenvalue weighted by atomic mass is 9.95. The van der Waals surface area contributed by atoms with Crippen molar-refractivity contribution in [1.29, 1.82) is 0 Å². The van der Waals surface area contributed by atoms with Crippen LogP contribution in [0.5, 0.6) is 0 Å². The first kappa shape index (κ1) is 19.6. The number of esters is 1. The number of nitrogens with zero attached hydrogens (tertiary/aromatic N) is 2. The molecule has 0 radical (unpaired) electrons. The van der Waals surface area contributed by atoms with Crippen LogP contribution in [0, 0.1) is 6.92 Å². The van der Waals surface area contributed by atoms with Crippen LogP contribution in [-0.2, 0) is 28.9 Å². The minimum atomic E-state index is -0.318. The predicted octanol–water partition coefficient (Wildman–Crippen LogP) is 4.12. The zero-order valence-corrected chi connectivity index (χ0v) is 17.0. The summed E-state index contributed by atoms with van der Waals surface area (Å²) in [6.45, 7) is 6.35. The highest BCUT2D eigenvalue weighted by Crippen LogP contribution is 2.38. The normalized spacial score (nSPS) is 14.5. The van der Waals surface area contributed by atoms with Crippen molar-refractivity contribution in [3.63, 3.8) is 0 Å². The SMILES string of the molecule is CCC(C)OC(=O)c1c(NC(=O)CCn2nccc2C)sc2c1CCCC2. The van der Waals surface area contributed by atoms with Gasteiger partial charge in [-0.15, -0.1) is 11.3 Å². The summed E-state index contributed by atoms with van der Waals surface area (Å²) < 4.78 is 7.37. The van der Waals surface area contributed by atoms with Crippen LogP contribution < -0.4 is 5.32 Å². The van der Waals surface area contributed by atoms with Crippen molar-refractivity contribution in [2.45, 2.75) is 71.9 Å². The summed E-state index contributed by atoms with van der Waals surface area (Å²) in [5.74, 6) is -0.428. The van der Waals surface area contributed by atoms with Gasteiger partial charge in [0.25, 0.3) is 0 Å². The molecule has 7 heteroatoms. The molecule has 1 amide bonds. The molecule has 1 N–H and O–H groups in total. The lowest BCUT2D eigenvalue weighted by Crippen LogP contribution is -2.19. The lowest BCUT2D eigenvalue weighted by Gasteiger charge is -2.15. The Morgan fingerprint density at radius 1 is 1.37 bits per heavy atom. The van der Waals surface area contributed by atoms with Gasteiger partial charge in [-0.25, -0.2) is 4.79 Å². The van der Waals surface area contributed by atoms with Gasteiger partial charge in [0.2, 0.25) is 5.91 Å². The molecule has 0 bridgehead atoms. The Morgan fingerprint density at radius 2 is 2.15 bits per heavy atom. The number of ether oxygens (including phenoxy) is 1. The van der Waals surface area contributed by atoms with E-state index in [4.69, 9.17) is 4.74 Å². The van der Waals surface area contributed by atoms with Crippen LogP contribution >= 0.6 is 11.3 Å². The maximum absolute atomic E-state index is 12.8. The van der Waals surface area contributed by atoms with Gasteiger partial charge in [0.15, 0.2) is 0 Å². The minimum absolute atomic E-state index is 0.110. The van der Waals surface area contributed by atoms with Crippen molar-refractivity contribution in [2.24, 2.45) is 0 Å². The number of anilines is 1. The monoisotopic (exact) mass is 389 g/mol. The van der Waals surface area contributed by atoms with Gasteiger partial charge in [0.1, 0.15) is 5.00 Å². The molecule has 2 heterocycles. The number of aromatic nitrogens is 2. The number of hydrogen-bond donors (Lipinski definition) is 1. The molecule has 0 aliphatic heterocycles. The van der Waals surface area contributed by atoms with Crippen molar-refractivity contribution >= 4 is 28.2 Å². The van der Waals surface area contributed by atoms with Crippen LogP contribution in [0.25, 0.3) is 0 Å². The van der Waals surface area contributed by atoms with Crippen LogP contribution in [-0.4, -0.2) is 27.8 Å². The van der Waals surface area contributed by atoms with Crippen molar-refractivity contribution in [1.82, 2.24) is 9.78 Å². The summed E-state index contributed by atoms with van der Waals surface area (Å²) in [7, 11) is 0. The fourth-order valence-corrected chi connectivity index (χ4v) is 4.52. The quantitative estimate of drug-likeness (QED) is 0.723. The summed E-state index contributed by atoms with van der Waals surface area (Å²) >= 11 is 1.52.